The fraction of sp³-hybridized carbons (Fsp3) is 0.450. The number of nitrogens with zero attached hydrogens (tertiary/aromatic N) is 4. The summed E-state index contributed by atoms with van der Waals surface area (Å²) in [5, 5.41) is 7.62. The molecule has 4 rings (SSSR count). The number of anilines is 1. The molecule has 7 nitrogen and oxygen atoms in total. The summed E-state index contributed by atoms with van der Waals surface area (Å²) in [7, 11) is 1.82. The van der Waals surface area contributed by atoms with E-state index in [1.54, 1.807) is 0 Å². The number of nitrogens with one attached hydrogen (secondary N) is 1. The molecule has 1 N–H and O–H groups in total. The number of likely N-dealkylation sites (tertiary alicyclic amines) is 1. The van der Waals surface area contributed by atoms with Crippen LogP contribution in [0.15, 0.2) is 30.3 Å². The van der Waals surface area contributed by atoms with Crippen molar-refractivity contribution < 1.29 is 9.59 Å². The van der Waals surface area contributed by atoms with Crippen LogP contribution in [0.25, 0.3) is 0 Å². The largest absolute Gasteiger partial charge is 0.387 e. The Hall–Kier alpha value is -2.83. The van der Waals surface area contributed by atoms with E-state index >= 15 is 0 Å². The third-order valence-electron chi connectivity index (χ3n) is 5.34. The zero-order valence-electron chi connectivity index (χ0n) is 15.6. The van der Waals surface area contributed by atoms with E-state index in [0.29, 0.717) is 24.3 Å². The lowest BCUT2D eigenvalue weighted by Gasteiger charge is -2.21. The molecule has 1 saturated heterocycles. The van der Waals surface area contributed by atoms with Crippen LogP contribution in [-0.2, 0) is 13.1 Å². The highest BCUT2D eigenvalue weighted by Gasteiger charge is 2.26. The number of hydrogen-bond acceptors (Lipinski definition) is 4. The summed E-state index contributed by atoms with van der Waals surface area (Å²) in [5.74, 6) is 0.00787. The maximum Gasteiger partial charge on any atom is 0.274 e. The first-order valence-electron chi connectivity index (χ1n) is 9.59. The number of para-hydroxylation sites is 1. The lowest BCUT2D eigenvalue weighted by Crippen LogP contribution is -2.31. The Morgan fingerprint density at radius 1 is 0.963 bits per heavy atom. The molecule has 2 aliphatic rings. The SMILES string of the molecule is CNc1ccccc1C(=O)N1CCCn2nc(C(=O)N3CCCC3)cc2C1. The topological polar surface area (TPSA) is 70.5 Å². The van der Waals surface area contributed by atoms with E-state index in [-0.39, 0.29) is 11.8 Å². The summed E-state index contributed by atoms with van der Waals surface area (Å²) < 4.78 is 1.89. The van der Waals surface area contributed by atoms with Gasteiger partial charge in [-0.2, -0.15) is 5.10 Å². The second-order valence-corrected chi connectivity index (χ2v) is 7.12. The molecule has 0 bridgehead atoms. The Bertz CT molecular complexity index is 854. The van der Waals surface area contributed by atoms with Gasteiger partial charge in [-0.25, -0.2) is 0 Å². The van der Waals surface area contributed by atoms with E-state index in [2.05, 4.69) is 10.4 Å². The van der Waals surface area contributed by atoms with Crippen LogP contribution in [0.1, 0.15) is 45.8 Å². The van der Waals surface area contributed by atoms with E-state index in [9.17, 15) is 9.59 Å². The van der Waals surface area contributed by atoms with Crippen molar-refractivity contribution in [2.24, 2.45) is 0 Å². The van der Waals surface area contributed by atoms with Crippen molar-refractivity contribution in [3.05, 3.63) is 47.3 Å². The van der Waals surface area contributed by atoms with Gasteiger partial charge in [0.25, 0.3) is 11.8 Å². The zero-order valence-corrected chi connectivity index (χ0v) is 15.6. The predicted molar refractivity (Wildman–Crippen MR) is 103 cm³/mol. The molecule has 0 radical (unpaired) electrons. The van der Waals surface area contributed by atoms with Crippen LogP contribution in [0.4, 0.5) is 5.69 Å². The molecular weight excluding hydrogens is 342 g/mol. The molecule has 0 spiro atoms. The van der Waals surface area contributed by atoms with Crippen molar-refractivity contribution >= 4 is 17.5 Å². The number of carbonyl (C=O) groups is 2. The Balaban J connectivity index is 1.56. The van der Waals surface area contributed by atoms with Gasteiger partial charge in [0.2, 0.25) is 0 Å². The summed E-state index contributed by atoms with van der Waals surface area (Å²) in [5.41, 5.74) is 2.91. The minimum Gasteiger partial charge on any atom is -0.387 e. The highest BCUT2D eigenvalue weighted by molar-refractivity contribution is 5.99. The molecule has 27 heavy (non-hydrogen) atoms. The van der Waals surface area contributed by atoms with Gasteiger partial charge in [-0.15, -0.1) is 0 Å². The van der Waals surface area contributed by atoms with Gasteiger partial charge in [0.05, 0.1) is 17.8 Å². The van der Waals surface area contributed by atoms with Crippen LogP contribution in [0.3, 0.4) is 0 Å². The third kappa shape index (κ3) is 3.41. The maximum absolute atomic E-state index is 13.1. The van der Waals surface area contributed by atoms with Crippen molar-refractivity contribution in [1.29, 1.82) is 0 Å². The third-order valence-corrected chi connectivity index (χ3v) is 5.34. The summed E-state index contributed by atoms with van der Waals surface area (Å²) in [4.78, 5) is 29.4. The normalized spacial score (nSPS) is 16.8. The molecule has 0 saturated carbocycles. The Labute approximate surface area is 158 Å². The highest BCUT2D eigenvalue weighted by atomic mass is 16.2. The first-order chi connectivity index (χ1) is 13.2. The minimum absolute atomic E-state index is 0.00187. The Kier molecular flexibility index (Phi) is 4.83. The molecule has 7 heteroatoms. The first kappa shape index (κ1) is 17.6. The molecule has 0 unspecified atom stereocenters. The zero-order chi connectivity index (χ0) is 18.8. The Morgan fingerprint density at radius 2 is 1.70 bits per heavy atom. The number of rotatable bonds is 3. The van der Waals surface area contributed by atoms with Gasteiger partial charge in [0.15, 0.2) is 5.69 Å². The minimum atomic E-state index is 0.00187. The molecule has 142 valence electrons. The maximum atomic E-state index is 13.1. The molecule has 0 atom stereocenters. The van der Waals surface area contributed by atoms with Gasteiger partial charge in [-0.3, -0.25) is 14.3 Å². The molecule has 3 heterocycles. The fourth-order valence-corrected chi connectivity index (χ4v) is 3.88. The standard InChI is InChI=1S/C20H25N5O2/c1-21-17-8-3-2-7-16(17)19(26)24-11-6-12-25-15(14-24)13-18(22-25)20(27)23-9-4-5-10-23/h2-3,7-8,13,21H,4-6,9-12,14H2,1H3. The molecule has 2 aliphatic heterocycles. The van der Waals surface area contributed by atoms with Crippen LogP contribution in [0.5, 0.6) is 0 Å². The number of hydrogen-bond donors (Lipinski definition) is 1. The van der Waals surface area contributed by atoms with E-state index in [0.717, 1.165) is 50.3 Å². The van der Waals surface area contributed by atoms with Crippen molar-refractivity contribution in [2.75, 3.05) is 32.0 Å². The number of carbonyl (C=O) groups excluding carboxylic acids is 2. The van der Waals surface area contributed by atoms with Crippen molar-refractivity contribution in [2.45, 2.75) is 32.4 Å². The van der Waals surface area contributed by atoms with E-state index < -0.39 is 0 Å². The fourth-order valence-electron chi connectivity index (χ4n) is 3.88. The molecule has 1 aromatic carbocycles. The second kappa shape index (κ2) is 7.42. The lowest BCUT2D eigenvalue weighted by atomic mass is 10.1. The van der Waals surface area contributed by atoms with Crippen molar-refractivity contribution in [3.63, 3.8) is 0 Å². The van der Waals surface area contributed by atoms with Gasteiger partial charge in [0.1, 0.15) is 0 Å². The van der Waals surface area contributed by atoms with E-state index in [1.807, 2.05) is 51.9 Å². The number of amides is 2. The second-order valence-electron chi connectivity index (χ2n) is 7.12. The van der Waals surface area contributed by atoms with Gasteiger partial charge in [-0.1, -0.05) is 12.1 Å². The number of fused-ring (bicyclic) bond motifs is 1. The number of benzene rings is 1. The summed E-state index contributed by atoms with van der Waals surface area (Å²) in [6, 6.07) is 9.40. The molecule has 2 aromatic rings. The lowest BCUT2D eigenvalue weighted by molar-refractivity contribution is 0.0746. The quantitative estimate of drug-likeness (QED) is 0.903. The Morgan fingerprint density at radius 3 is 2.48 bits per heavy atom. The summed E-state index contributed by atoms with van der Waals surface area (Å²) >= 11 is 0. The van der Waals surface area contributed by atoms with Crippen LogP contribution in [0, 0.1) is 0 Å². The van der Waals surface area contributed by atoms with Crippen LogP contribution < -0.4 is 5.32 Å². The average Bonchev–Trinajstić information content (AvgIpc) is 3.33. The molecule has 1 fully saturated rings. The number of aromatic nitrogens is 2. The molecule has 1 aromatic heterocycles. The van der Waals surface area contributed by atoms with Crippen LogP contribution in [0.2, 0.25) is 0 Å². The average molecular weight is 367 g/mol. The van der Waals surface area contributed by atoms with Crippen molar-refractivity contribution in [1.82, 2.24) is 19.6 Å². The molecule has 0 aliphatic carbocycles. The number of aryl methyl sites for hydroxylation is 1. The molecular formula is C20H25N5O2. The van der Waals surface area contributed by atoms with Gasteiger partial charge < -0.3 is 15.1 Å². The van der Waals surface area contributed by atoms with E-state index in [4.69, 9.17) is 0 Å². The van der Waals surface area contributed by atoms with Crippen LogP contribution >= 0.6 is 0 Å². The first-order valence-corrected chi connectivity index (χ1v) is 9.59. The monoisotopic (exact) mass is 367 g/mol. The van der Waals surface area contributed by atoms with Gasteiger partial charge in [0, 0.05) is 38.9 Å². The van der Waals surface area contributed by atoms with Crippen molar-refractivity contribution in [3.8, 4) is 0 Å². The predicted octanol–water partition coefficient (Wildman–Crippen LogP) is 2.21. The van der Waals surface area contributed by atoms with E-state index in [1.165, 1.54) is 0 Å². The summed E-state index contributed by atoms with van der Waals surface area (Å²) in [6.07, 6.45) is 2.94. The smallest absolute Gasteiger partial charge is 0.274 e. The van der Waals surface area contributed by atoms with Gasteiger partial charge >= 0.3 is 0 Å². The summed E-state index contributed by atoms with van der Waals surface area (Å²) in [6.45, 7) is 3.49. The highest BCUT2D eigenvalue weighted by Crippen LogP contribution is 2.21. The van der Waals surface area contributed by atoms with Crippen LogP contribution in [-0.4, -0.2) is 58.1 Å². The van der Waals surface area contributed by atoms with Gasteiger partial charge in [-0.05, 0) is 37.5 Å². The molecule has 2 amide bonds.